The number of esters is 1. The molecule has 0 spiro atoms. The van der Waals surface area contributed by atoms with E-state index in [9.17, 15) is 4.79 Å². The molecular weight excluding hydrogens is 178 g/mol. The third-order valence-electron chi connectivity index (χ3n) is 2.02. The predicted molar refractivity (Wildman–Crippen MR) is 58.3 cm³/mol. The molecule has 0 unspecified atom stereocenters. The zero-order chi connectivity index (χ0) is 10.6. The number of ether oxygens (including phenoxy) is 1. The molecule has 0 aromatic carbocycles. The summed E-state index contributed by atoms with van der Waals surface area (Å²) in [6.45, 7) is 6.41. The largest absolute Gasteiger partial charge is 0.466 e. The predicted octanol–water partition coefficient (Wildman–Crippen LogP) is 2.11. The molecule has 0 saturated heterocycles. The van der Waals surface area contributed by atoms with Gasteiger partial charge in [-0.3, -0.25) is 4.79 Å². The van der Waals surface area contributed by atoms with Crippen molar-refractivity contribution in [3.63, 3.8) is 0 Å². The summed E-state index contributed by atoms with van der Waals surface area (Å²) in [6.07, 6.45) is 5.10. The number of hydrogen-bond acceptors (Lipinski definition) is 3. The van der Waals surface area contributed by atoms with E-state index in [4.69, 9.17) is 4.74 Å². The quantitative estimate of drug-likeness (QED) is 0.458. The molecule has 0 saturated carbocycles. The molecule has 0 bridgehead atoms. The standard InChI is InChI=1S/C11H23NO2/c1-3-5-6-7-10-14-11(13)8-9-12-4-2/h12H,3-10H2,1-2H3. The molecule has 14 heavy (non-hydrogen) atoms. The van der Waals surface area contributed by atoms with E-state index >= 15 is 0 Å². The zero-order valence-corrected chi connectivity index (χ0v) is 9.47. The molecule has 0 rings (SSSR count). The molecule has 0 amide bonds. The van der Waals surface area contributed by atoms with Crippen LogP contribution in [0.25, 0.3) is 0 Å². The van der Waals surface area contributed by atoms with Crippen molar-refractivity contribution >= 4 is 5.97 Å². The number of rotatable bonds is 9. The topological polar surface area (TPSA) is 38.3 Å². The fourth-order valence-electron chi connectivity index (χ4n) is 1.15. The van der Waals surface area contributed by atoms with Crippen molar-refractivity contribution in [1.82, 2.24) is 5.32 Å². The molecule has 0 aliphatic heterocycles. The third-order valence-corrected chi connectivity index (χ3v) is 2.02. The van der Waals surface area contributed by atoms with Crippen molar-refractivity contribution in [3.05, 3.63) is 0 Å². The van der Waals surface area contributed by atoms with Gasteiger partial charge in [0.25, 0.3) is 0 Å². The van der Waals surface area contributed by atoms with Crippen molar-refractivity contribution in [2.75, 3.05) is 19.7 Å². The number of nitrogens with one attached hydrogen (secondary N) is 1. The van der Waals surface area contributed by atoms with E-state index in [1.54, 1.807) is 0 Å². The number of unbranched alkanes of at least 4 members (excludes halogenated alkanes) is 3. The molecule has 3 nitrogen and oxygen atoms in total. The van der Waals surface area contributed by atoms with Gasteiger partial charge in [-0.2, -0.15) is 0 Å². The summed E-state index contributed by atoms with van der Waals surface area (Å²) in [5, 5.41) is 3.09. The minimum absolute atomic E-state index is 0.0811. The van der Waals surface area contributed by atoms with Crippen molar-refractivity contribution in [2.24, 2.45) is 0 Å². The molecule has 0 radical (unpaired) electrons. The lowest BCUT2D eigenvalue weighted by Crippen LogP contribution is -2.18. The van der Waals surface area contributed by atoms with Gasteiger partial charge in [-0.25, -0.2) is 0 Å². The van der Waals surface area contributed by atoms with Crippen LogP contribution in [-0.2, 0) is 9.53 Å². The van der Waals surface area contributed by atoms with Gasteiger partial charge in [-0.1, -0.05) is 33.1 Å². The van der Waals surface area contributed by atoms with Crippen molar-refractivity contribution < 1.29 is 9.53 Å². The first-order valence-electron chi connectivity index (χ1n) is 5.67. The van der Waals surface area contributed by atoms with E-state index in [1.165, 1.54) is 12.8 Å². The Balaban J connectivity index is 3.10. The second-order valence-electron chi connectivity index (χ2n) is 3.38. The highest BCUT2D eigenvalue weighted by Gasteiger charge is 2.00. The first-order valence-corrected chi connectivity index (χ1v) is 5.67. The summed E-state index contributed by atoms with van der Waals surface area (Å²) in [7, 11) is 0. The van der Waals surface area contributed by atoms with Crippen LogP contribution in [0.5, 0.6) is 0 Å². The number of carbonyl (C=O) groups is 1. The van der Waals surface area contributed by atoms with Crippen LogP contribution < -0.4 is 5.32 Å². The van der Waals surface area contributed by atoms with Gasteiger partial charge in [0.05, 0.1) is 13.0 Å². The number of carbonyl (C=O) groups excluding carboxylic acids is 1. The molecule has 0 heterocycles. The summed E-state index contributed by atoms with van der Waals surface area (Å²) in [6, 6.07) is 0. The Morgan fingerprint density at radius 1 is 1.21 bits per heavy atom. The minimum Gasteiger partial charge on any atom is -0.466 e. The van der Waals surface area contributed by atoms with Gasteiger partial charge in [0.1, 0.15) is 0 Å². The van der Waals surface area contributed by atoms with Crippen LogP contribution in [0.15, 0.2) is 0 Å². The van der Waals surface area contributed by atoms with Gasteiger partial charge in [0.2, 0.25) is 0 Å². The molecule has 0 aromatic heterocycles. The van der Waals surface area contributed by atoms with Crippen LogP contribution in [-0.4, -0.2) is 25.7 Å². The average Bonchev–Trinajstić information content (AvgIpc) is 2.18. The number of hydrogen-bond donors (Lipinski definition) is 1. The first kappa shape index (κ1) is 13.4. The highest BCUT2D eigenvalue weighted by molar-refractivity contribution is 5.69. The van der Waals surface area contributed by atoms with Crippen molar-refractivity contribution in [1.29, 1.82) is 0 Å². The maximum Gasteiger partial charge on any atom is 0.307 e. The maximum absolute atomic E-state index is 11.1. The zero-order valence-electron chi connectivity index (χ0n) is 9.47. The van der Waals surface area contributed by atoms with E-state index in [1.807, 2.05) is 6.92 Å². The van der Waals surface area contributed by atoms with Gasteiger partial charge in [-0.05, 0) is 13.0 Å². The van der Waals surface area contributed by atoms with Crippen LogP contribution in [0, 0.1) is 0 Å². The van der Waals surface area contributed by atoms with Gasteiger partial charge in [0, 0.05) is 6.54 Å². The van der Waals surface area contributed by atoms with Crippen molar-refractivity contribution in [3.8, 4) is 0 Å². The summed E-state index contributed by atoms with van der Waals surface area (Å²) >= 11 is 0. The highest BCUT2D eigenvalue weighted by atomic mass is 16.5. The Morgan fingerprint density at radius 3 is 2.64 bits per heavy atom. The Kier molecular flexibility index (Phi) is 10.1. The minimum atomic E-state index is -0.0811. The third kappa shape index (κ3) is 9.52. The van der Waals surface area contributed by atoms with E-state index in [-0.39, 0.29) is 5.97 Å². The summed E-state index contributed by atoms with van der Waals surface area (Å²) < 4.78 is 5.06. The van der Waals surface area contributed by atoms with Crippen LogP contribution in [0.3, 0.4) is 0 Å². The normalized spacial score (nSPS) is 10.1. The average molecular weight is 201 g/mol. The molecule has 0 atom stereocenters. The van der Waals surface area contributed by atoms with E-state index in [0.29, 0.717) is 13.0 Å². The smallest absolute Gasteiger partial charge is 0.307 e. The second kappa shape index (κ2) is 10.5. The molecule has 0 aromatic rings. The molecular formula is C11H23NO2. The SMILES string of the molecule is CCCCCCOC(=O)CCNCC. The maximum atomic E-state index is 11.1. The van der Waals surface area contributed by atoms with Crippen LogP contribution >= 0.6 is 0 Å². The monoisotopic (exact) mass is 201 g/mol. The Hall–Kier alpha value is -0.570. The van der Waals surface area contributed by atoms with Crippen molar-refractivity contribution in [2.45, 2.75) is 46.0 Å². The lowest BCUT2D eigenvalue weighted by molar-refractivity contribution is -0.143. The first-order chi connectivity index (χ1) is 6.81. The van der Waals surface area contributed by atoms with Gasteiger partial charge in [-0.15, -0.1) is 0 Å². The fourth-order valence-corrected chi connectivity index (χ4v) is 1.15. The summed E-state index contributed by atoms with van der Waals surface area (Å²) in [5.41, 5.74) is 0. The van der Waals surface area contributed by atoms with E-state index in [2.05, 4.69) is 12.2 Å². The van der Waals surface area contributed by atoms with Crippen LogP contribution in [0.2, 0.25) is 0 Å². The molecule has 0 fully saturated rings. The molecule has 1 N–H and O–H groups in total. The Bertz CT molecular complexity index is 137. The Labute approximate surface area is 87.2 Å². The van der Waals surface area contributed by atoms with E-state index in [0.717, 1.165) is 25.9 Å². The fraction of sp³-hybridized carbons (Fsp3) is 0.909. The second-order valence-corrected chi connectivity index (χ2v) is 3.38. The molecule has 0 aliphatic rings. The van der Waals surface area contributed by atoms with E-state index < -0.39 is 0 Å². The summed E-state index contributed by atoms with van der Waals surface area (Å²) in [5.74, 6) is -0.0811. The van der Waals surface area contributed by atoms with Crippen LogP contribution in [0.1, 0.15) is 46.0 Å². The molecule has 3 heteroatoms. The van der Waals surface area contributed by atoms with Gasteiger partial charge >= 0.3 is 5.97 Å². The lowest BCUT2D eigenvalue weighted by atomic mass is 10.2. The highest BCUT2D eigenvalue weighted by Crippen LogP contribution is 1.99. The Morgan fingerprint density at radius 2 is 2.00 bits per heavy atom. The van der Waals surface area contributed by atoms with Gasteiger partial charge in [0.15, 0.2) is 0 Å². The molecule has 0 aliphatic carbocycles. The van der Waals surface area contributed by atoms with Gasteiger partial charge < -0.3 is 10.1 Å². The van der Waals surface area contributed by atoms with Crippen LogP contribution in [0.4, 0.5) is 0 Å². The summed E-state index contributed by atoms with van der Waals surface area (Å²) in [4.78, 5) is 11.1. The molecule has 84 valence electrons. The lowest BCUT2D eigenvalue weighted by Gasteiger charge is -2.04.